The molecule has 0 fully saturated rings. The molecule has 34 heteroatoms. The highest BCUT2D eigenvalue weighted by Crippen LogP contribution is 2.45. The maximum atomic E-state index is 16.9. The number of nitrogens with zero attached hydrogens (tertiary/aromatic N) is 4. The van der Waals surface area contributed by atoms with E-state index in [1.54, 1.807) is 37.5 Å². The summed E-state index contributed by atoms with van der Waals surface area (Å²) in [6, 6.07) is 12.8. The number of anilines is 2. The normalized spacial score (nSPS) is 13.7. The molecule has 0 saturated carbocycles. The lowest BCUT2D eigenvalue weighted by molar-refractivity contribution is -0.305. The Balaban J connectivity index is 0.00000129. The van der Waals surface area contributed by atoms with Crippen molar-refractivity contribution in [3.8, 4) is 11.5 Å². The zero-order valence-electron chi connectivity index (χ0n) is 46.7. The largest absolute Gasteiger partial charge is 0.650 e. The van der Waals surface area contributed by atoms with Gasteiger partial charge in [-0.1, -0.05) is 69.6 Å². The van der Waals surface area contributed by atoms with Gasteiger partial charge in [0.25, 0.3) is 0 Å². The summed E-state index contributed by atoms with van der Waals surface area (Å²) >= 11 is 28.8. The van der Waals surface area contributed by atoms with Crippen LogP contribution in [0.3, 0.4) is 0 Å². The third-order valence-corrected chi connectivity index (χ3v) is 15.2. The van der Waals surface area contributed by atoms with Gasteiger partial charge in [0.1, 0.15) is 59.0 Å². The molecule has 2 aliphatic heterocycles. The van der Waals surface area contributed by atoms with Gasteiger partial charge in [0.2, 0.25) is 0 Å². The lowest BCUT2D eigenvalue weighted by Gasteiger charge is -2.44. The van der Waals surface area contributed by atoms with Gasteiger partial charge in [-0.3, -0.25) is 0 Å². The van der Waals surface area contributed by atoms with Crippen molar-refractivity contribution in [3.05, 3.63) is 200 Å². The Morgan fingerprint density at radius 2 is 0.511 bits per heavy atom. The van der Waals surface area contributed by atoms with Crippen LogP contribution in [0.25, 0.3) is 10.8 Å². The molecule has 0 saturated heterocycles. The van der Waals surface area contributed by atoms with Gasteiger partial charge in [-0.2, -0.15) is 0 Å². The van der Waals surface area contributed by atoms with E-state index >= 15 is 70.2 Å². The molecule has 0 amide bonds. The molecular formula is C58H36B2Cl6F20N4O2. The van der Waals surface area contributed by atoms with Gasteiger partial charge in [0.15, 0.2) is 89.8 Å². The van der Waals surface area contributed by atoms with Crippen LogP contribution in [0.4, 0.5) is 111 Å². The summed E-state index contributed by atoms with van der Waals surface area (Å²) in [7, 11) is 0. The van der Waals surface area contributed by atoms with Crippen LogP contribution < -0.4 is 41.0 Å². The van der Waals surface area contributed by atoms with Crippen molar-refractivity contribution in [2.75, 3.05) is 36.0 Å². The summed E-state index contributed by atoms with van der Waals surface area (Å²) in [6.07, 6.45) is 1.30. The van der Waals surface area contributed by atoms with Gasteiger partial charge in [-0.15, -0.1) is 0 Å². The minimum atomic E-state index is -5.53. The second kappa shape index (κ2) is 27.5. The van der Waals surface area contributed by atoms with E-state index in [0.717, 1.165) is 48.5 Å². The Labute approximate surface area is 537 Å². The van der Waals surface area contributed by atoms with Crippen LogP contribution in [0.5, 0.6) is 11.5 Å². The first-order chi connectivity index (χ1) is 43.3. The average molecular weight is 1440 g/mol. The van der Waals surface area contributed by atoms with Crippen LogP contribution >= 0.6 is 69.6 Å². The number of halogens is 26. The molecule has 8 aromatic rings. The van der Waals surface area contributed by atoms with Crippen LogP contribution in [-0.2, 0) is 0 Å². The monoisotopic (exact) mass is 1430 g/mol. The fourth-order valence-electron chi connectivity index (χ4n) is 11.2. The van der Waals surface area contributed by atoms with Crippen LogP contribution in [0.2, 0.25) is 0 Å². The second-order valence-electron chi connectivity index (χ2n) is 19.7. The zero-order valence-corrected chi connectivity index (χ0v) is 51.2. The number of rotatable bonds is 12. The maximum absolute atomic E-state index is 16.9. The number of fused-ring (bicyclic) bond motifs is 5. The smallest absolute Gasteiger partial charge is 0.525 e. The fourth-order valence-corrected chi connectivity index (χ4v) is 11.2. The van der Waals surface area contributed by atoms with Crippen molar-refractivity contribution in [2.45, 2.75) is 36.3 Å². The molecule has 0 aliphatic carbocycles. The highest BCUT2D eigenvalue weighted by molar-refractivity contribution is 6.93. The summed E-state index contributed by atoms with van der Waals surface area (Å²) in [5, 5.41) is -1.55. The van der Waals surface area contributed by atoms with Crippen LogP contribution in [0.15, 0.2) is 72.8 Å². The minimum absolute atomic E-state index is 0.309. The van der Waals surface area contributed by atoms with Crippen molar-refractivity contribution < 1.29 is 106 Å². The molecule has 0 N–H and O–H groups in total. The summed E-state index contributed by atoms with van der Waals surface area (Å²) in [4.78, 5) is 3.43. The summed E-state index contributed by atoms with van der Waals surface area (Å²) < 4.78 is 332. The van der Waals surface area contributed by atoms with Crippen molar-refractivity contribution in [1.82, 2.24) is 0 Å². The van der Waals surface area contributed by atoms with Gasteiger partial charge < -0.3 is 28.1 Å². The van der Waals surface area contributed by atoms with Gasteiger partial charge in [0.05, 0.1) is 22.6 Å². The standard InChI is InChI=1S/C56H34B2F20N4O2.2CHCl3/c1-5-79(6-2)25-11-15-27(16-12-25)81-21-23-9-19-30-29(55(23)83-57(81,31-35(59)43(67)51(75)44(68)36(31)60)32-37(61)45(69)52(76)46(70)38(32)62)20-10-24-22-82(28-17-13-26(14-18-28)80(7-3)8-4)58(84-56(24)30,33-39(63)47(71)53(77)48(72)40(33)64)34-41(65)49(73)54(78)50(74)42(34)66;2*2-1(3)4/h9-22H,5-8H2,1-4H3;2*1H. The Morgan fingerprint density at radius 1 is 0.315 bits per heavy atom. The Morgan fingerprint density at radius 3 is 0.707 bits per heavy atom. The average Bonchev–Trinajstić information content (AvgIpc) is 0.697. The van der Waals surface area contributed by atoms with Crippen LogP contribution in [0.1, 0.15) is 38.8 Å². The minimum Gasteiger partial charge on any atom is -0.650 e. The van der Waals surface area contributed by atoms with E-state index < -0.39 is 205 Å². The third kappa shape index (κ3) is 11.9. The number of benzene rings is 8. The first kappa shape index (κ1) is 70.9. The first-order valence-corrected chi connectivity index (χ1v) is 29.1. The zero-order chi connectivity index (χ0) is 68.2. The molecule has 0 radical (unpaired) electrons. The summed E-state index contributed by atoms with van der Waals surface area (Å²) in [6.45, 7) is -2.87. The van der Waals surface area contributed by atoms with Gasteiger partial charge in [-0.25, -0.2) is 87.8 Å². The molecule has 6 nitrogen and oxygen atoms in total. The van der Waals surface area contributed by atoms with E-state index in [1.807, 2.05) is 0 Å². The predicted octanol–water partition coefficient (Wildman–Crippen LogP) is 16.1. The van der Waals surface area contributed by atoms with Crippen LogP contribution in [-0.4, -0.2) is 69.1 Å². The quantitative estimate of drug-likeness (QED) is 0.0401. The molecule has 8 aromatic carbocycles. The van der Waals surface area contributed by atoms with Gasteiger partial charge >= 0.3 is 13.0 Å². The maximum Gasteiger partial charge on any atom is 0.525 e. The van der Waals surface area contributed by atoms with Gasteiger partial charge in [-0.05, 0) is 98.1 Å². The number of hydrogen-bond acceptors (Lipinski definition) is 4. The number of hydrogen-bond donors (Lipinski definition) is 0. The lowest BCUT2D eigenvalue weighted by Crippen LogP contribution is -2.75. The van der Waals surface area contributed by atoms with E-state index in [-0.39, 0.29) is 0 Å². The highest BCUT2D eigenvalue weighted by Gasteiger charge is 2.61. The van der Waals surface area contributed by atoms with Crippen molar-refractivity contribution in [3.63, 3.8) is 0 Å². The second-order valence-corrected chi connectivity index (χ2v) is 23.6. The Kier molecular flexibility index (Phi) is 21.2. The molecule has 0 aromatic heterocycles. The summed E-state index contributed by atoms with van der Waals surface area (Å²) in [5.41, 5.74) is -11.0. The SMILES string of the molecule is CCN(CC)c1ccc([N+]2=Cc3ccc4c5c(ccc4c3O[B-]2(c2c(F)c(F)c(F)c(F)c2F)c2c(F)c(F)c(F)c(F)c2F)C=[N+](c2ccc(N(CC)CC)cc2)[B-](c2c(F)c(F)c(F)c(F)c2F)(c2c(F)c(F)c(F)c(F)c2F)O5)cc1.ClC(Cl)Cl.ClC(Cl)Cl. The fraction of sp³-hybridized carbons (Fsp3) is 0.172. The highest BCUT2D eigenvalue weighted by atomic mass is 35.6. The predicted molar refractivity (Wildman–Crippen MR) is 313 cm³/mol. The molecule has 0 unspecified atom stereocenters. The molecule has 10 rings (SSSR count). The Hall–Kier alpha value is -6.97. The van der Waals surface area contributed by atoms with E-state index in [1.165, 1.54) is 24.3 Å². The first-order valence-electron chi connectivity index (χ1n) is 26.4. The van der Waals surface area contributed by atoms with Gasteiger partial charge in [0, 0.05) is 72.6 Å². The third-order valence-electron chi connectivity index (χ3n) is 15.2. The molecule has 0 bridgehead atoms. The molecule has 92 heavy (non-hydrogen) atoms. The van der Waals surface area contributed by atoms with Crippen molar-refractivity contribution in [1.29, 1.82) is 0 Å². The number of alkyl halides is 6. The van der Waals surface area contributed by atoms with Crippen molar-refractivity contribution in [2.24, 2.45) is 0 Å². The molecule has 2 heterocycles. The summed E-state index contributed by atoms with van der Waals surface area (Å²) in [5.74, 6) is -60.2. The van der Waals surface area contributed by atoms with Crippen molar-refractivity contribution >= 4 is 150 Å². The van der Waals surface area contributed by atoms with E-state index in [0.29, 0.717) is 59.0 Å². The topological polar surface area (TPSA) is 31.0 Å². The van der Waals surface area contributed by atoms with E-state index in [9.17, 15) is 17.6 Å². The molecular weight excluding hydrogens is 1400 g/mol. The lowest BCUT2D eigenvalue weighted by atomic mass is 9.39. The van der Waals surface area contributed by atoms with Crippen LogP contribution in [0, 0.1) is 116 Å². The molecule has 488 valence electrons. The van der Waals surface area contributed by atoms with E-state index in [4.69, 9.17) is 78.9 Å². The molecule has 0 spiro atoms. The Bertz CT molecular complexity index is 3790. The molecule has 0 atom stereocenters. The van der Waals surface area contributed by atoms with E-state index in [2.05, 4.69) is 0 Å². The molecule has 2 aliphatic rings.